The standard InChI is InChI=1S/C24H29N3O5/c1-32-20-11-5-17(6-12-20)23-21-4-2-3-13-24(21,29)14-15-26(23)16-22(28)25-18-7-9-19(10-8-18)27(30)31/h5-12,21,23,29H,2-4,13-16H2,1H3,(H,25,28)/t21-,23-,24-/m0/s1. The van der Waals surface area contributed by atoms with Crippen LogP contribution in [0.2, 0.25) is 0 Å². The molecule has 8 heteroatoms. The average Bonchev–Trinajstić information content (AvgIpc) is 2.79. The largest absolute Gasteiger partial charge is 0.497 e. The fraction of sp³-hybridized carbons (Fsp3) is 0.458. The van der Waals surface area contributed by atoms with Crippen molar-refractivity contribution in [1.82, 2.24) is 4.90 Å². The van der Waals surface area contributed by atoms with Gasteiger partial charge in [-0.05, 0) is 49.1 Å². The molecule has 170 valence electrons. The van der Waals surface area contributed by atoms with E-state index in [1.807, 2.05) is 24.3 Å². The third-order valence-electron chi connectivity index (χ3n) is 6.84. The fourth-order valence-corrected chi connectivity index (χ4v) is 5.22. The van der Waals surface area contributed by atoms with E-state index in [0.29, 0.717) is 18.7 Å². The number of aliphatic hydroxyl groups is 1. The number of piperidine rings is 1. The highest BCUT2D eigenvalue weighted by molar-refractivity contribution is 5.92. The lowest BCUT2D eigenvalue weighted by molar-refractivity contribution is -0.384. The summed E-state index contributed by atoms with van der Waals surface area (Å²) < 4.78 is 5.29. The van der Waals surface area contributed by atoms with Crippen LogP contribution < -0.4 is 10.1 Å². The van der Waals surface area contributed by atoms with Crippen molar-refractivity contribution in [2.75, 3.05) is 25.5 Å². The number of non-ortho nitro benzene ring substituents is 1. The van der Waals surface area contributed by atoms with Gasteiger partial charge in [0.15, 0.2) is 0 Å². The summed E-state index contributed by atoms with van der Waals surface area (Å²) >= 11 is 0. The van der Waals surface area contributed by atoms with E-state index in [4.69, 9.17) is 4.74 Å². The van der Waals surface area contributed by atoms with Crippen LogP contribution in [0.15, 0.2) is 48.5 Å². The number of amides is 1. The molecule has 1 aliphatic carbocycles. The predicted octanol–water partition coefficient (Wildman–Crippen LogP) is 3.91. The van der Waals surface area contributed by atoms with Crippen LogP contribution >= 0.6 is 0 Å². The van der Waals surface area contributed by atoms with Crippen molar-refractivity contribution in [2.24, 2.45) is 5.92 Å². The first-order valence-electron chi connectivity index (χ1n) is 11.0. The Morgan fingerprint density at radius 1 is 1.19 bits per heavy atom. The van der Waals surface area contributed by atoms with Gasteiger partial charge < -0.3 is 15.2 Å². The predicted molar refractivity (Wildman–Crippen MR) is 121 cm³/mol. The topological polar surface area (TPSA) is 105 Å². The van der Waals surface area contributed by atoms with Gasteiger partial charge in [-0.15, -0.1) is 0 Å². The highest BCUT2D eigenvalue weighted by Gasteiger charge is 2.49. The maximum absolute atomic E-state index is 12.8. The van der Waals surface area contributed by atoms with Crippen LogP contribution in [0.1, 0.15) is 43.7 Å². The summed E-state index contributed by atoms with van der Waals surface area (Å²) in [7, 11) is 1.63. The number of rotatable bonds is 6. The van der Waals surface area contributed by atoms with E-state index in [2.05, 4.69) is 10.2 Å². The lowest BCUT2D eigenvalue weighted by Gasteiger charge is -2.52. The minimum atomic E-state index is -0.700. The zero-order valence-electron chi connectivity index (χ0n) is 18.2. The molecule has 3 atom stereocenters. The maximum atomic E-state index is 12.8. The highest BCUT2D eigenvalue weighted by atomic mass is 16.6. The van der Waals surface area contributed by atoms with Gasteiger partial charge in [0.25, 0.3) is 5.69 Å². The molecule has 0 unspecified atom stereocenters. The molecule has 2 fully saturated rings. The molecule has 1 heterocycles. The Labute approximate surface area is 187 Å². The van der Waals surface area contributed by atoms with Crippen LogP contribution in [0.5, 0.6) is 5.75 Å². The van der Waals surface area contributed by atoms with Crippen LogP contribution in [-0.4, -0.2) is 46.6 Å². The van der Waals surface area contributed by atoms with Gasteiger partial charge in [-0.3, -0.25) is 19.8 Å². The second kappa shape index (κ2) is 9.26. The third-order valence-corrected chi connectivity index (χ3v) is 6.84. The van der Waals surface area contributed by atoms with Crippen molar-refractivity contribution >= 4 is 17.3 Å². The van der Waals surface area contributed by atoms with Gasteiger partial charge in [0.2, 0.25) is 5.91 Å². The fourth-order valence-electron chi connectivity index (χ4n) is 5.22. The molecule has 1 saturated carbocycles. The average molecular weight is 440 g/mol. The van der Waals surface area contributed by atoms with E-state index in [0.717, 1.165) is 37.0 Å². The first kappa shape index (κ1) is 22.2. The lowest BCUT2D eigenvalue weighted by atomic mass is 9.66. The Bertz CT molecular complexity index is 963. The molecule has 2 aliphatic rings. The number of carbonyl (C=O) groups excluding carboxylic acids is 1. The molecule has 0 spiro atoms. The van der Waals surface area contributed by atoms with Crippen molar-refractivity contribution in [1.29, 1.82) is 0 Å². The van der Waals surface area contributed by atoms with Crippen LogP contribution in [0.4, 0.5) is 11.4 Å². The second-order valence-corrected chi connectivity index (χ2v) is 8.75. The number of hydrogen-bond acceptors (Lipinski definition) is 6. The summed E-state index contributed by atoms with van der Waals surface area (Å²) in [4.78, 5) is 25.4. The third kappa shape index (κ3) is 4.61. The number of ether oxygens (including phenoxy) is 1. The smallest absolute Gasteiger partial charge is 0.269 e. The summed E-state index contributed by atoms with van der Waals surface area (Å²) in [5.41, 5.74) is 0.871. The van der Waals surface area contributed by atoms with E-state index >= 15 is 0 Å². The number of carbonyl (C=O) groups is 1. The SMILES string of the molecule is COc1ccc([C@H]2[C@@H]3CCCC[C@]3(O)CCN2CC(=O)Nc2ccc([N+](=O)[O-])cc2)cc1. The number of benzene rings is 2. The van der Waals surface area contributed by atoms with Crippen molar-refractivity contribution in [2.45, 2.75) is 43.7 Å². The van der Waals surface area contributed by atoms with E-state index in [-0.39, 0.29) is 30.1 Å². The van der Waals surface area contributed by atoms with Crippen molar-refractivity contribution in [3.05, 3.63) is 64.2 Å². The maximum Gasteiger partial charge on any atom is 0.269 e. The molecule has 1 aliphatic heterocycles. The second-order valence-electron chi connectivity index (χ2n) is 8.75. The van der Waals surface area contributed by atoms with Gasteiger partial charge in [-0.25, -0.2) is 0 Å². The molecule has 1 amide bonds. The van der Waals surface area contributed by atoms with Gasteiger partial charge in [0, 0.05) is 36.3 Å². The molecule has 0 radical (unpaired) electrons. The quantitative estimate of drug-likeness (QED) is 0.522. The van der Waals surface area contributed by atoms with Gasteiger partial charge in [-0.1, -0.05) is 25.0 Å². The normalized spacial score (nSPS) is 25.6. The van der Waals surface area contributed by atoms with Gasteiger partial charge >= 0.3 is 0 Å². The van der Waals surface area contributed by atoms with E-state index in [1.54, 1.807) is 7.11 Å². The molecule has 2 N–H and O–H groups in total. The number of nitro benzene ring substituents is 1. The monoisotopic (exact) mass is 439 g/mol. The molecule has 0 bridgehead atoms. The van der Waals surface area contributed by atoms with Gasteiger partial charge in [0.05, 0.1) is 24.2 Å². The highest BCUT2D eigenvalue weighted by Crippen LogP contribution is 2.49. The van der Waals surface area contributed by atoms with E-state index < -0.39 is 10.5 Å². The van der Waals surface area contributed by atoms with Crippen molar-refractivity contribution in [3.63, 3.8) is 0 Å². The summed E-state index contributed by atoms with van der Waals surface area (Å²) in [6.45, 7) is 0.803. The Balaban J connectivity index is 1.53. The minimum absolute atomic E-state index is 0.0183. The molecular weight excluding hydrogens is 410 g/mol. The Morgan fingerprint density at radius 3 is 2.56 bits per heavy atom. The zero-order valence-corrected chi connectivity index (χ0v) is 18.2. The molecule has 1 saturated heterocycles. The molecule has 0 aromatic heterocycles. The Hall–Kier alpha value is -2.97. The number of fused-ring (bicyclic) bond motifs is 1. The van der Waals surface area contributed by atoms with E-state index in [9.17, 15) is 20.0 Å². The number of hydrogen-bond donors (Lipinski definition) is 2. The van der Waals surface area contributed by atoms with Crippen LogP contribution in [0.25, 0.3) is 0 Å². The van der Waals surface area contributed by atoms with Crippen LogP contribution in [-0.2, 0) is 4.79 Å². The number of nitrogens with zero attached hydrogens (tertiary/aromatic N) is 2. The molecular formula is C24H29N3O5. The summed E-state index contributed by atoms with van der Waals surface area (Å²) in [5, 5.41) is 25.0. The van der Waals surface area contributed by atoms with Crippen LogP contribution in [0.3, 0.4) is 0 Å². The molecule has 32 heavy (non-hydrogen) atoms. The molecule has 4 rings (SSSR count). The number of methoxy groups -OCH3 is 1. The summed E-state index contributed by atoms with van der Waals surface area (Å²) in [6, 6.07) is 13.6. The number of nitro groups is 1. The molecule has 2 aromatic carbocycles. The number of nitrogens with one attached hydrogen (secondary N) is 1. The van der Waals surface area contributed by atoms with Gasteiger partial charge in [0.1, 0.15) is 5.75 Å². The Morgan fingerprint density at radius 2 is 1.91 bits per heavy atom. The number of anilines is 1. The first-order valence-corrected chi connectivity index (χ1v) is 11.0. The lowest BCUT2D eigenvalue weighted by Crippen LogP contribution is -2.56. The van der Waals surface area contributed by atoms with Crippen molar-refractivity contribution in [3.8, 4) is 5.75 Å². The van der Waals surface area contributed by atoms with E-state index in [1.165, 1.54) is 24.3 Å². The number of likely N-dealkylation sites (tertiary alicyclic amines) is 1. The summed E-state index contributed by atoms with van der Waals surface area (Å²) in [5.74, 6) is 0.648. The molecule has 2 aromatic rings. The van der Waals surface area contributed by atoms with Gasteiger partial charge in [-0.2, -0.15) is 0 Å². The molecule has 8 nitrogen and oxygen atoms in total. The summed E-state index contributed by atoms with van der Waals surface area (Å²) in [6.07, 6.45) is 4.47. The minimum Gasteiger partial charge on any atom is -0.497 e. The Kier molecular flexibility index (Phi) is 6.43. The van der Waals surface area contributed by atoms with Crippen LogP contribution in [0, 0.1) is 16.0 Å². The van der Waals surface area contributed by atoms with Crippen molar-refractivity contribution < 1.29 is 19.6 Å². The zero-order chi connectivity index (χ0) is 22.7. The first-order chi connectivity index (χ1) is 15.4.